The SMILES string of the molecule is O=C(O)CN(CCC(=O)Nc1ccccc1)CC(=O)O. The Morgan fingerprint density at radius 3 is 2.05 bits per heavy atom. The van der Waals surface area contributed by atoms with E-state index in [4.69, 9.17) is 10.2 Å². The molecule has 0 fully saturated rings. The average Bonchev–Trinajstić information content (AvgIpc) is 2.36. The lowest BCUT2D eigenvalue weighted by molar-refractivity contribution is -0.142. The van der Waals surface area contributed by atoms with Gasteiger partial charge < -0.3 is 15.5 Å². The van der Waals surface area contributed by atoms with Crippen LogP contribution in [0.3, 0.4) is 0 Å². The van der Waals surface area contributed by atoms with E-state index in [1.54, 1.807) is 24.3 Å². The topological polar surface area (TPSA) is 107 Å². The number of hydrogen-bond acceptors (Lipinski definition) is 4. The first-order chi connectivity index (χ1) is 9.47. The Kier molecular flexibility index (Phi) is 6.18. The highest BCUT2D eigenvalue weighted by atomic mass is 16.4. The first-order valence-electron chi connectivity index (χ1n) is 5.98. The van der Waals surface area contributed by atoms with Crippen LogP contribution in [0.15, 0.2) is 30.3 Å². The second-order valence-corrected chi connectivity index (χ2v) is 4.16. The quantitative estimate of drug-likeness (QED) is 0.639. The lowest BCUT2D eigenvalue weighted by Crippen LogP contribution is -2.36. The summed E-state index contributed by atoms with van der Waals surface area (Å²) in [6, 6.07) is 8.82. The van der Waals surface area contributed by atoms with Crippen molar-refractivity contribution in [3.63, 3.8) is 0 Å². The summed E-state index contributed by atoms with van der Waals surface area (Å²) in [6.07, 6.45) is 0.0233. The van der Waals surface area contributed by atoms with E-state index >= 15 is 0 Å². The van der Waals surface area contributed by atoms with Crippen molar-refractivity contribution in [2.24, 2.45) is 0 Å². The third kappa shape index (κ3) is 6.50. The molecule has 0 aromatic heterocycles. The van der Waals surface area contributed by atoms with Gasteiger partial charge in [-0.15, -0.1) is 0 Å². The zero-order valence-corrected chi connectivity index (χ0v) is 10.8. The van der Waals surface area contributed by atoms with Gasteiger partial charge in [-0.1, -0.05) is 18.2 Å². The fourth-order valence-corrected chi connectivity index (χ4v) is 1.60. The van der Waals surface area contributed by atoms with Crippen LogP contribution in [0.4, 0.5) is 5.69 Å². The van der Waals surface area contributed by atoms with Crippen LogP contribution in [0.1, 0.15) is 6.42 Å². The summed E-state index contributed by atoms with van der Waals surface area (Å²) in [4.78, 5) is 34.0. The maximum atomic E-state index is 11.7. The Balaban J connectivity index is 2.43. The number of para-hydroxylation sites is 1. The van der Waals surface area contributed by atoms with Gasteiger partial charge in [0.15, 0.2) is 0 Å². The number of amides is 1. The van der Waals surface area contributed by atoms with E-state index in [0.29, 0.717) is 5.69 Å². The minimum Gasteiger partial charge on any atom is -0.480 e. The number of hydrogen-bond donors (Lipinski definition) is 3. The molecule has 1 rings (SSSR count). The van der Waals surface area contributed by atoms with Crippen LogP contribution >= 0.6 is 0 Å². The van der Waals surface area contributed by atoms with Crippen LogP contribution in [0.2, 0.25) is 0 Å². The fraction of sp³-hybridized carbons (Fsp3) is 0.308. The molecular formula is C13H16N2O5. The lowest BCUT2D eigenvalue weighted by Gasteiger charge is -2.17. The molecule has 0 spiro atoms. The lowest BCUT2D eigenvalue weighted by atomic mass is 10.3. The first-order valence-corrected chi connectivity index (χ1v) is 5.98. The highest BCUT2D eigenvalue weighted by Crippen LogP contribution is 2.05. The van der Waals surface area contributed by atoms with Crippen molar-refractivity contribution in [2.45, 2.75) is 6.42 Å². The van der Waals surface area contributed by atoms with Crippen molar-refractivity contribution in [3.8, 4) is 0 Å². The van der Waals surface area contributed by atoms with Crippen LogP contribution in [-0.4, -0.2) is 52.6 Å². The van der Waals surface area contributed by atoms with E-state index in [9.17, 15) is 14.4 Å². The molecule has 1 aromatic carbocycles. The van der Waals surface area contributed by atoms with Crippen molar-refractivity contribution in [1.82, 2.24) is 4.90 Å². The van der Waals surface area contributed by atoms with Crippen molar-refractivity contribution >= 4 is 23.5 Å². The minimum absolute atomic E-state index is 0.0233. The van der Waals surface area contributed by atoms with Crippen LogP contribution in [-0.2, 0) is 14.4 Å². The van der Waals surface area contributed by atoms with E-state index in [1.165, 1.54) is 4.90 Å². The minimum atomic E-state index is -1.13. The number of rotatable bonds is 8. The third-order valence-corrected chi connectivity index (χ3v) is 2.43. The molecule has 0 saturated heterocycles. The Labute approximate surface area is 115 Å². The molecule has 0 atom stereocenters. The zero-order valence-electron chi connectivity index (χ0n) is 10.8. The van der Waals surface area contributed by atoms with E-state index in [2.05, 4.69) is 5.32 Å². The summed E-state index contributed by atoms with van der Waals surface area (Å²) in [5.74, 6) is -2.55. The zero-order chi connectivity index (χ0) is 15.0. The molecule has 7 nitrogen and oxygen atoms in total. The summed E-state index contributed by atoms with van der Waals surface area (Å²) in [6.45, 7) is -0.757. The Bertz CT molecular complexity index is 459. The fourth-order valence-electron chi connectivity index (χ4n) is 1.60. The van der Waals surface area contributed by atoms with Crippen LogP contribution < -0.4 is 5.32 Å². The van der Waals surface area contributed by atoms with E-state index in [-0.39, 0.29) is 18.9 Å². The highest BCUT2D eigenvalue weighted by Gasteiger charge is 2.14. The first kappa shape index (κ1) is 15.6. The summed E-state index contributed by atoms with van der Waals surface area (Å²) in [5.41, 5.74) is 0.639. The second kappa shape index (κ2) is 7.90. The van der Waals surface area contributed by atoms with Crippen LogP contribution in [0.25, 0.3) is 0 Å². The molecule has 0 bridgehead atoms. The molecule has 0 aliphatic carbocycles. The standard InChI is InChI=1S/C13H16N2O5/c16-11(14-10-4-2-1-3-5-10)6-7-15(8-12(17)18)9-13(19)20/h1-5H,6-9H2,(H,14,16)(H,17,18)(H,19,20). The van der Waals surface area contributed by atoms with Crippen LogP contribution in [0, 0.1) is 0 Å². The molecular weight excluding hydrogens is 264 g/mol. The van der Waals surface area contributed by atoms with Gasteiger partial charge in [-0.3, -0.25) is 19.3 Å². The molecule has 0 saturated carbocycles. The van der Waals surface area contributed by atoms with Gasteiger partial charge in [-0.25, -0.2) is 0 Å². The number of carbonyl (C=O) groups excluding carboxylic acids is 1. The number of carbonyl (C=O) groups is 3. The van der Waals surface area contributed by atoms with Crippen LogP contribution in [0.5, 0.6) is 0 Å². The number of nitrogens with one attached hydrogen (secondary N) is 1. The molecule has 7 heteroatoms. The molecule has 0 heterocycles. The average molecular weight is 280 g/mol. The molecule has 3 N–H and O–H groups in total. The molecule has 0 radical (unpaired) electrons. The molecule has 108 valence electrons. The largest absolute Gasteiger partial charge is 0.480 e. The normalized spacial score (nSPS) is 10.2. The summed E-state index contributed by atoms with van der Waals surface area (Å²) < 4.78 is 0. The van der Waals surface area contributed by atoms with Gasteiger partial charge in [0, 0.05) is 18.7 Å². The third-order valence-electron chi connectivity index (χ3n) is 2.43. The number of benzene rings is 1. The molecule has 0 aliphatic rings. The predicted octanol–water partition coefficient (Wildman–Crippen LogP) is 0.486. The maximum absolute atomic E-state index is 11.7. The second-order valence-electron chi connectivity index (χ2n) is 4.16. The number of aliphatic carboxylic acids is 2. The van der Waals surface area contributed by atoms with E-state index < -0.39 is 25.0 Å². The summed E-state index contributed by atoms with van der Waals surface area (Å²) in [5, 5.41) is 20.0. The summed E-state index contributed by atoms with van der Waals surface area (Å²) in [7, 11) is 0. The van der Waals surface area contributed by atoms with Crippen molar-refractivity contribution in [3.05, 3.63) is 30.3 Å². The van der Waals surface area contributed by atoms with E-state index in [1.807, 2.05) is 6.07 Å². The smallest absolute Gasteiger partial charge is 0.317 e. The van der Waals surface area contributed by atoms with E-state index in [0.717, 1.165) is 0 Å². The molecule has 0 unspecified atom stereocenters. The summed E-state index contributed by atoms with van der Waals surface area (Å²) >= 11 is 0. The van der Waals surface area contributed by atoms with Crippen molar-refractivity contribution in [2.75, 3.05) is 25.0 Å². The number of carboxylic acid groups (broad SMARTS) is 2. The molecule has 1 aromatic rings. The monoisotopic (exact) mass is 280 g/mol. The van der Waals surface area contributed by atoms with Gasteiger partial charge in [-0.2, -0.15) is 0 Å². The Hall–Kier alpha value is -2.41. The van der Waals surface area contributed by atoms with Gasteiger partial charge in [0.1, 0.15) is 0 Å². The Morgan fingerprint density at radius 2 is 1.55 bits per heavy atom. The van der Waals surface area contributed by atoms with Gasteiger partial charge in [0.25, 0.3) is 0 Å². The maximum Gasteiger partial charge on any atom is 0.317 e. The van der Waals surface area contributed by atoms with Crippen molar-refractivity contribution in [1.29, 1.82) is 0 Å². The van der Waals surface area contributed by atoms with Gasteiger partial charge in [-0.05, 0) is 12.1 Å². The van der Waals surface area contributed by atoms with Gasteiger partial charge in [0.05, 0.1) is 13.1 Å². The van der Waals surface area contributed by atoms with Gasteiger partial charge in [0.2, 0.25) is 5.91 Å². The Morgan fingerprint density at radius 1 is 1.00 bits per heavy atom. The predicted molar refractivity (Wildman–Crippen MR) is 71.4 cm³/mol. The molecule has 20 heavy (non-hydrogen) atoms. The van der Waals surface area contributed by atoms with Crippen molar-refractivity contribution < 1.29 is 24.6 Å². The highest BCUT2D eigenvalue weighted by molar-refractivity contribution is 5.90. The molecule has 1 amide bonds. The number of anilines is 1. The number of carboxylic acids is 2. The molecule has 0 aliphatic heterocycles. The number of nitrogens with zero attached hydrogens (tertiary/aromatic N) is 1. The van der Waals surface area contributed by atoms with Gasteiger partial charge >= 0.3 is 11.9 Å².